The average Bonchev–Trinajstić information content (AvgIpc) is 2.84. The molecule has 0 saturated heterocycles. The van der Waals surface area contributed by atoms with Crippen LogP contribution in [0.1, 0.15) is 31.5 Å². The maximum atomic E-state index is 12.0. The molecule has 5 rings (SSSR count). The highest BCUT2D eigenvalue weighted by Gasteiger charge is 2.23. The first-order valence-electron chi connectivity index (χ1n) is 11.2. The van der Waals surface area contributed by atoms with Crippen molar-refractivity contribution >= 4 is 35.2 Å². The van der Waals surface area contributed by atoms with E-state index in [1.165, 1.54) is 6.07 Å². The van der Waals surface area contributed by atoms with Crippen LogP contribution in [-0.4, -0.2) is 44.7 Å². The Morgan fingerprint density at radius 1 is 1.18 bits per heavy atom. The molecule has 1 aliphatic heterocycles. The van der Waals surface area contributed by atoms with Crippen LogP contribution in [0.4, 0.5) is 5.82 Å². The molecular weight excluding hydrogens is 460 g/mol. The van der Waals surface area contributed by atoms with Gasteiger partial charge in [0.05, 0.1) is 24.9 Å². The van der Waals surface area contributed by atoms with Gasteiger partial charge in [-0.2, -0.15) is 0 Å². The SMILES string of the molecule is Cl.Cn1c(=O)ccc2nccc(OCC3CCC(NCc4ncc5c(n4)NC(=O)CO5)CC3)c21. The first-order valence-corrected chi connectivity index (χ1v) is 11.2. The molecule has 0 bridgehead atoms. The summed E-state index contributed by atoms with van der Waals surface area (Å²) in [5, 5.41) is 6.23. The summed E-state index contributed by atoms with van der Waals surface area (Å²) < 4.78 is 13.0. The van der Waals surface area contributed by atoms with Crippen LogP contribution in [0.2, 0.25) is 0 Å². The van der Waals surface area contributed by atoms with E-state index >= 15 is 0 Å². The lowest BCUT2D eigenvalue weighted by Gasteiger charge is -2.29. The van der Waals surface area contributed by atoms with E-state index in [0.717, 1.165) is 36.7 Å². The molecule has 11 heteroatoms. The van der Waals surface area contributed by atoms with Crippen molar-refractivity contribution in [2.45, 2.75) is 38.3 Å². The minimum atomic E-state index is -0.206. The topological polar surface area (TPSA) is 120 Å². The van der Waals surface area contributed by atoms with Gasteiger partial charge in [-0.25, -0.2) is 9.97 Å². The molecule has 1 aliphatic carbocycles. The molecule has 1 amide bonds. The summed E-state index contributed by atoms with van der Waals surface area (Å²) in [6, 6.07) is 5.46. The molecule has 3 aromatic rings. The van der Waals surface area contributed by atoms with E-state index in [2.05, 4.69) is 25.6 Å². The van der Waals surface area contributed by atoms with E-state index in [9.17, 15) is 9.59 Å². The first kappa shape index (κ1) is 23.9. The molecule has 3 aromatic heterocycles. The summed E-state index contributed by atoms with van der Waals surface area (Å²) >= 11 is 0. The van der Waals surface area contributed by atoms with Crippen LogP contribution in [0.5, 0.6) is 11.5 Å². The van der Waals surface area contributed by atoms with Crippen molar-refractivity contribution in [1.82, 2.24) is 24.8 Å². The third-order valence-electron chi connectivity index (χ3n) is 6.26. The third-order valence-corrected chi connectivity index (χ3v) is 6.26. The van der Waals surface area contributed by atoms with Gasteiger partial charge in [0.1, 0.15) is 17.1 Å². The fourth-order valence-electron chi connectivity index (χ4n) is 4.37. The van der Waals surface area contributed by atoms with Gasteiger partial charge in [-0.05, 0) is 37.7 Å². The Bertz CT molecular complexity index is 1240. The number of aromatic nitrogens is 4. The van der Waals surface area contributed by atoms with Crippen molar-refractivity contribution in [3.8, 4) is 11.5 Å². The Hall–Kier alpha value is -3.24. The molecule has 4 heterocycles. The quantitative estimate of drug-likeness (QED) is 0.544. The van der Waals surface area contributed by atoms with Gasteiger partial charge in [0, 0.05) is 31.4 Å². The van der Waals surface area contributed by atoms with Crippen LogP contribution in [0, 0.1) is 5.92 Å². The summed E-state index contributed by atoms with van der Waals surface area (Å²) in [7, 11) is 1.74. The molecule has 0 spiro atoms. The van der Waals surface area contributed by atoms with Crippen molar-refractivity contribution in [1.29, 1.82) is 0 Å². The lowest BCUT2D eigenvalue weighted by molar-refractivity contribution is -0.118. The van der Waals surface area contributed by atoms with Crippen LogP contribution < -0.4 is 25.7 Å². The van der Waals surface area contributed by atoms with Gasteiger partial charge >= 0.3 is 0 Å². The highest BCUT2D eigenvalue weighted by molar-refractivity contribution is 5.94. The number of hydrogen-bond donors (Lipinski definition) is 2. The lowest BCUT2D eigenvalue weighted by atomic mass is 9.86. The maximum absolute atomic E-state index is 12.0. The number of rotatable bonds is 6. The molecule has 0 radical (unpaired) electrons. The van der Waals surface area contributed by atoms with Crippen LogP contribution in [0.15, 0.2) is 35.4 Å². The van der Waals surface area contributed by atoms with E-state index < -0.39 is 0 Å². The summed E-state index contributed by atoms with van der Waals surface area (Å²) in [5.74, 6) is 2.50. The maximum Gasteiger partial charge on any atom is 0.263 e. The molecule has 10 nitrogen and oxygen atoms in total. The van der Waals surface area contributed by atoms with Crippen LogP contribution in [-0.2, 0) is 18.4 Å². The second-order valence-electron chi connectivity index (χ2n) is 8.52. The van der Waals surface area contributed by atoms with Crippen molar-refractivity contribution < 1.29 is 14.3 Å². The van der Waals surface area contributed by atoms with Crippen LogP contribution in [0.25, 0.3) is 11.0 Å². The number of nitrogens with zero attached hydrogens (tertiary/aromatic N) is 4. The summed E-state index contributed by atoms with van der Waals surface area (Å²) in [5.41, 5.74) is 1.40. The average molecular weight is 487 g/mol. The molecule has 180 valence electrons. The number of halogens is 1. The van der Waals surface area contributed by atoms with Gasteiger partial charge in [-0.3, -0.25) is 14.6 Å². The van der Waals surface area contributed by atoms with Crippen molar-refractivity contribution in [3.63, 3.8) is 0 Å². The summed E-state index contributed by atoms with van der Waals surface area (Å²) in [6.45, 7) is 1.14. The van der Waals surface area contributed by atoms with Crippen LogP contribution in [0.3, 0.4) is 0 Å². The van der Waals surface area contributed by atoms with Crippen molar-refractivity contribution in [2.75, 3.05) is 18.5 Å². The molecule has 2 aliphatic rings. The minimum absolute atomic E-state index is 0. The van der Waals surface area contributed by atoms with Gasteiger partial charge in [0.15, 0.2) is 18.2 Å². The second-order valence-corrected chi connectivity index (χ2v) is 8.52. The van der Waals surface area contributed by atoms with E-state index in [-0.39, 0.29) is 30.5 Å². The second kappa shape index (κ2) is 10.4. The molecule has 0 atom stereocenters. The number of aryl methyl sites for hydroxylation is 1. The largest absolute Gasteiger partial charge is 0.491 e. The van der Waals surface area contributed by atoms with Crippen molar-refractivity contribution in [3.05, 3.63) is 46.8 Å². The fourth-order valence-corrected chi connectivity index (χ4v) is 4.37. The standard InChI is InChI=1S/C23H26N6O4.ClH/c1-29-21(31)7-6-16-22(29)17(8-9-24-16)32-12-14-2-4-15(5-3-14)25-11-19-26-10-18-23(27-19)28-20(30)13-33-18;/h6-10,14-15,25H,2-5,11-13H2,1H3,(H,26,27,28,30);1H. The van der Waals surface area contributed by atoms with Gasteiger partial charge in [0.2, 0.25) is 0 Å². The Labute approximate surface area is 202 Å². The number of ether oxygens (including phenoxy) is 2. The predicted octanol–water partition coefficient (Wildman–Crippen LogP) is 2.20. The zero-order valence-corrected chi connectivity index (χ0v) is 19.6. The third kappa shape index (κ3) is 5.13. The molecule has 0 unspecified atom stereocenters. The Morgan fingerprint density at radius 3 is 2.82 bits per heavy atom. The number of hydrogen-bond acceptors (Lipinski definition) is 8. The Kier molecular flexibility index (Phi) is 7.28. The molecule has 1 saturated carbocycles. The van der Waals surface area contributed by atoms with E-state index in [1.54, 1.807) is 30.1 Å². The highest BCUT2D eigenvalue weighted by atomic mass is 35.5. The molecule has 0 aromatic carbocycles. The summed E-state index contributed by atoms with van der Waals surface area (Å²) in [4.78, 5) is 36.5. The van der Waals surface area contributed by atoms with Gasteiger partial charge in [0.25, 0.3) is 11.5 Å². The minimum Gasteiger partial charge on any atom is -0.491 e. The lowest BCUT2D eigenvalue weighted by Crippen LogP contribution is -2.34. The van der Waals surface area contributed by atoms with Gasteiger partial charge < -0.3 is 24.7 Å². The number of nitrogens with one attached hydrogen (secondary N) is 2. The van der Waals surface area contributed by atoms with Crippen LogP contribution >= 0.6 is 12.4 Å². The highest BCUT2D eigenvalue weighted by Crippen LogP contribution is 2.28. The first-order chi connectivity index (χ1) is 16.1. The molecule has 1 fully saturated rings. The van der Waals surface area contributed by atoms with E-state index in [0.29, 0.717) is 48.3 Å². The van der Waals surface area contributed by atoms with E-state index in [1.807, 2.05) is 6.07 Å². The Balaban J connectivity index is 0.00000274. The number of carbonyl (C=O) groups excluding carboxylic acids is 1. The van der Waals surface area contributed by atoms with Crippen molar-refractivity contribution in [2.24, 2.45) is 13.0 Å². The fraction of sp³-hybridized carbons (Fsp3) is 0.435. The van der Waals surface area contributed by atoms with E-state index in [4.69, 9.17) is 9.47 Å². The monoisotopic (exact) mass is 486 g/mol. The predicted molar refractivity (Wildman–Crippen MR) is 128 cm³/mol. The number of anilines is 1. The molecular formula is C23H27ClN6O4. The number of fused-ring (bicyclic) bond motifs is 2. The normalized spacial score (nSPS) is 19.5. The zero-order valence-electron chi connectivity index (χ0n) is 18.8. The number of pyridine rings is 2. The number of carbonyl (C=O) groups is 1. The molecule has 2 N–H and O–H groups in total. The Morgan fingerprint density at radius 2 is 2.00 bits per heavy atom. The summed E-state index contributed by atoms with van der Waals surface area (Å²) in [6.07, 6.45) is 7.49. The molecule has 34 heavy (non-hydrogen) atoms. The zero-order chi connectivity index (χ0) is 22.8. The van der Waals surface area contributed by atoms with Gasteiger partial charge in [-0.1, -0.05) is 0 Å². The van der Waals surface area contributed by atoms with Gasteiger partial charge in [-0.15, -0.1) is 12.4 Å². The number of amides is 1. The smallest absolute Gasteiger partial charge is 0.263 e.